The van der Waals surface area contributed by atoms with Crippen molar-refractivity contribution in [3.8, 4) is 0 Å². The van der Waals surface area contributed by atoms with Gasteiger partial charge in [0.15, 0.2) is 6.10 Å². The number of benzene rings is 2. The van der Waals surface area contributed by atoms with Crippen molar-refractivity contribution >= 4 is 23.2 Å². The summed E-state index contributed by atoms with van der Waals surface area (Å²) in [6.45, 7) is 5.50. The summed E-state index contributed by atoms with van der Waals surface area (Å²) < 4.78 is 0. The third-order valence-electron chi connectivity index (χ3n) is 5.46. The highest BCUT2D eigenvalue weighted by Crippen LogP contribution is 2.47. The molecule has 0 saturated carbocycles. The standard InChI is InChI=1S/C21H21N3O5/c1-12(2)22-20(25)17-18(14-8-10-15(11-9-14)24(27)28)23(29-19(17)21(22)26)16-7-5-4-6-13(16)3/h4-12,17-19H,1-3H3. The number of nitrogens with zero attached hydrogens (tertiary/aromatic N) is 3. The molecule has 2 fully saturated rings. The van der Waals surface area contributed by atoms with Gasteiger partial charge in [-0.2, -0.15) is 0 Å². The number of carbonyl (C=O) groups is 2. The summed E-state index contributed by atoms with van der Waals surface area (Å²) in [7, 11) is 0. The molecule has 0 spiro atoms. The first-order valence-corrected chi connectivity index (χ1v) is 9.44. The summed E-state index contributed by atoms with van der Waals surface area (Å²) in [4.78, 5) is 43.9. The van der Waals surface area contributed by atoms with Gasteiger partial charge in [-0.15, -0.1) is 0 Å². The fourth-order valence-electron chi connectivity index (χ4n) is 4.10. The lowest BCUT2D eigenvalue weighted by molar-refractivity contribution is -0.384. The maximum atomic E-state index is 13.1. The second-order valence-electron chi connectivity index (χ2n) is 7.60. The molecule has 150 valence electrons. The molecule has 8 nitrogen and oxygen atoms in total. The van der Waals surface area contributed by atoms with Crippen LogP contribution in [-0.2, 0) is 14.4 Å². The second-order valence-corrected chi connectivity index (χ2v) is 7.60. The van der Waals surface area contributed by atoms with E-state index in [0.717, 1.165) is 11.3 Å². The monoisotopic (exact) mass is 395 g/mol. The van der Waals surface area contributed by atoms with E-state index >= 15 is 0 Å². The number of hydroxylamine groups is 1. The minimum Gasteiger partial charge on any atom is -0.277 e. The fraction of sp³-hybridized carbons (Fsp3) is 0.333. The number of anilines is 1. The molecule has 0 aliphatic carbocycles. The summed E-state index contributed by atoms with van der Waals surface area (Å²) in [5.41, 5.74) is 2.32. The molecule has 4 rings (SSSR count). The van der Waals surface area contributed by atoms with Gasteiger partial charge in [0.2, 0.25) is 5.91 Å². The number of carbonyl (C=O) groups excluding carboxylic acids is 2. The first-order chi connectivity index (χ1) is 13.8. The molecule has 29 heavy (non-hydrogen) atoms. The van der Waals surface area contributed by atoms with Crippen LogP contribution in [-0.4, -0.2) is 33.8 Å². The average Bonchev–Trinajstić information content (AvgIpc) is 3.18. The van der Waals surface area contributed by atoms with Crippen LogP contribution in [0.25, 0.3) is 0 Å². The summed E-state index contributed by atoms with van der Waals surface area (Å²) in [6, 6.07) is 12.7. The van der Waals surface area contributed by atoms with E-state index in [-0.39, 0.29) is 23.5 Å². The second kappa shape index (κ2) is 6.97. The number of hydrogen-bond donors (Lipinski definition) is 0. The lowest BCUT2D eigenvalue weighted by Crippen LogP contribution is -2.41. The number of amides is 2. The summed E-state index contributed by atoms with van der Waals surface area (Å²) in [5, 5.41) is 12.6. The topological polar surface area (TPSA) is 93.0 Å². The molecule has 2 aliphatic rings. The number of likely N-dealkylation sites (tertiary alicyclic amines) is 1. The Balaban J connectivity index is 1.81. The quantitative estimate of drug-likeness (QED) is 0.449. The van der Waals surface area contributed by atoms with Crippen molar-refractivity contribution < 1.29 is 19.3 Å². The van der Waals surface area contributed by atoms with Gasteiger partial charge < -0.3 is 0 Å². The molecule has 0 N–H and O–H groups in total. The minimum absolute atomic E-state index is 0.0377. The molecule has 0 bridgehead atoms. The van der Waals surface area contributed by atoms with E-state index in [2.05, 4.69) is 0 Å². The average molecular weight is 395 g/mol. The molecular formula is C21H21N3O5. The molecule has 0 radical (unpaired) electrons. The number of non-ortho nitro benzene ring substituents is 1. The van der Waals surface area contributed by atoms with E-state index in [4.69, 9.17) is 4.84 Å². The summed E-state index contributed by atoms with van der Waals surface area (Å²) in [5.74, 6) is -1.35. The van der Waals surface area contributed by atoms with Crippen LogP contribution in [0, 0.1) is 23.0 Å². The Morgan fingerprint density at radius 3 is 2.28 bits per heavy atom. The van der Waals surface area contributed by atoms with Crippen molar-refractivity contribution in [3.63, 3.8) is 0 Å². The maximum Gasteiger partial charge on any atom is 0.269 e. The molecular weight excluding hydrogens is 374 g/mol. The zero-order valence-corrected chi connectivity index (χ0v) is 16.3. The van der Waals surface area contributed by atoms with Crippen LogP contribution in [0.15, 0.2) is 48.5 Å². The van der Waals surface area contributed by atoms with Crippen LogP contribution in [0.5, 0.6) is 0 Å². The molecule has 2 heterocycles. The highest BCUT2D eigenvalue weighted by molar-refractivity contribution is 6.08. The smallest absolute Gasteiger partial charge is 0.269 e. The third kappa shape index (κ3) is 2.96. The van der Waals surface area contributed by atoms with E-state index in [1.165, 1.54) is 17.0 Å². The van der Waals surface area contributed by atoms with Gasteiger partial charge >= 0.3 is 0 Å². The Morgan fingerprint density at radius 2 is 1.69 bits per heavy atom. The fourth-order valence-corrected chi connectivity index (χ4v) is 4.10. The number of imide groups is 1. The van der Waals surface area contributed by atoms with Crippen molar-refractivity contribution in [3.05, 3.63) is 69.8 Å². The van der Waals surface area contributed by atoms with Gasteiger partial charge in [-0.3, -0.25) is 29.4 Å². The summed E-state index contributed by atoms with van der Waals surface area (Å²) >= 11 is 0. The number of nitro groups is 1. The molecule has 2 amide bonds. The van der Waals surface area contributed by atoms with Gasteiger partial charge in [-0.25, -0.2) is 5.06 Å². The highest BCUT2D eigenvalue weighted by atomic mass is 16.7. The molecule has 8 heteroatoms. The number of aryl methyl sites for hydroxylation is 1. The number of para-hydroxylation sites is 1. The van der Waals surface area contributed by atoms with Gasteiger partial charge in [-0.05, 0) is 38.0 Å². The Labute approximate surface area is 167 Å². The van der Waals surface area contributed by atoms with Crippen molar-refractivity contribution in [2.45, 2.75) is 39.0 Å². The van der Waals surface area contributed by atoms with Gasteiger partial charge in [-0.1, -0.05) is 30.3 Å². The third-order valence-corrected chi connectivity index (χ3v) is 5.46. The van der Waals surface area contributed by atoms with E-state index in [9.17, 15) is 19.7 Å². The number of fused-ring (bicyclic) bond motifs is 1. The zero-order chi connectivity index (χ0) is 20.9. The van der Waals surface area contributed by atoms with E-state index in [1.807, 2.05) is 31.2 Å². The number of nitro benzene ring substituents is 1. The highest BCUT2D eigenvalue weighted by Gasteiger charge is 2.60. The van der Waals surface area contributed by atoms with Gasteiger partial charge in [0.25, 0.3) is 11.6 Å². The van der Waals surface area contributed by atoms with Gasteiger partial charge in [0.1, 0.15) is 5.92 Å². The van der Waals surface area contributed by atoms with Crippen molar-refractivity contribution in [1.82, 2.24) is 4.90 Å². The predicted molar refractivity (Wildman–Crippen MR) is 105 cm³/mol. The van der Waals surface area contributed by atoms with Crippen LogP contribution in [0.1, 0.15) is 31.0 Å². The van der Waals surface area contributed by atoms with E-state index in [1.54, 1.807) is 31.0 Å². The van der Waals surface area contributed by atoms with E-state index in [0.29, 0.717) is 5.56 Å². The minimum atomic E-state index is -0.912. The van der Waals surface area contributed by atoms with Gasteiger partial charge in [0, 0.05) is 18.2 Å². The van der Waals surface area contributed by atoms with Crippen LogP contribution in [0.2, 0.25) is 0 Å². The Hall–Kier alpha value is -3.26. The van der Waals surface area contributed by atoms with Crippen molar-refractivity contribution in [1.29, 1.82) is 0 Å². The number of rotatable bonds is 4. The Kier molecular flexibility index (Phi) is 4.58. The normalized spacial score (nSPS) is 23.8. The Bertz CT molecular complexity index is 988. The molecule has 2 aromatic carbocycles. The molecule has 2 aliphatic heterocycles. The molecule has 3 atom stereocenters. The number of hydrogen-bond acceptors (Lipinski definition) is 6. The van der Waals surface area contributed by atoms with Crippen molar-refractivity contribution in [2.75, 3.05) is 5.06 Å². The van der Waals surface area contributed by atoms with Crippen LogP contribution in [0.4, 0.5) is 11.4 Å². The van der Waals surface area contributed by atoms with Crippen LogP contribution >= 0.6 is 0 Å². The van der Waals surface area contributed by atoms with Crippen LogP contribution < -0.4 is 5.06 Å². The summed E-state index contributed by atoms with van der Waals surface area (Å²) in [6.07, 6.45) is -0.912. The molecule has 2 saturated heterocycles. The lowest BCUT2D eigenvalue weighted by Gasteiger charge is -2.30. The first kappa shape index (κ1) is 19.1. The van der Waals surface area contributed by atoms with E-state index < -0.39 is 23.0 Å². The lowest BCUT2D eigenvalue weighted by atomic mass is 9.90. The van der Waals surface area contributed by atoms with Gasteiger partial charge in [0.05, 0.1) is 16.7 Å². The Morgan fingerprint density at radius 1 is 1.03 bits per heavy atom. The molecule has 0 aromatic heterocycles. The molecule has 3 unspecified atom stereocenters. The molecule has 2 aromatic rings. The largest absolute Gasteiger partial charge is 0.277 e. The van der Waals surface area contributed by atoms with Crippen molar-refractivity contribution in [2.24, 2.45) is 5.92 Å². The first-order valence-electron chi connectivity index (χ1n) is 9.44. The predicted octanol–water partition coefficient (Wildman–Crippen LogP) is 3.16. The SMILES string of the molecule is Cc1ccccc1N1OC2C(=O)N(C(C)C)C(=O)C2C1c1ccc([N+](=O)[O-])cc1. The van der Waals surface area contributed by atoms with Crippen LogP contribution in [0.3, 0.4) is 0 Å². The zero-order valence-electron chi connectivity index (χ0n) is 16.3. The maximum absolute atomic E-state index is 13.1.